The van der Waals surface area contributed by atoms with Gasteiger partial charge in [0.15, 0.2) is 6.10 Å². The van der Waals surface area contributed by atoms with E-state index >= 15 is 0 Å². The van der Waals surface area contributed by atoms with Crippen molar-refractivity contribution in [2.24, 2.45) is 0 Å². The molecular formula is C32H35NO5. The van der Waals surface area contributed by atoms with Gasteiger partial charge >= 0.3 is 5.97 Å². The van der Waals surface area contributed by atoms with Crippen LogP contribution in [0.15, 0.2) is 78.9 Å². The first-order chi connectivity index (χ1) is 18.6. The van der Waals surface area contributed by atoms with Crippen LogP contribution in [-0.4, -0.2) is 35.5 Å². The fourth-order valence-electron chi connectivity index (χ4n) is 5.41. The van der Waals surface area contributed by atoms with E-state index in [1.807, 2.05) is 78.9 Å². The molecule has 0 N–H and O–H groups in total. The number of fused-ring (bicyclic) bond motifs is 1. The van der Waals surface area contributed by atoms with E-state index in [2.05, 4.69) is 0 Å². The Morgan fingerprint density at radius 3 is 2.34 bits per heavy atom. The van der Waals surface area contributed by atoms with Crippen LogP contribution in [0.2, 0.25) is 0 Å². The summed E-state index contributed by atoms with van der Waals surface area (Å²) in [7, 11) is 0. The molecule has 1 saturated carbocycles. The van der Waals surface area contributed by atoms with E-state index in [1.54, 1.807) is 11.8 Å². The number of amides is 1. The Balaban J connectivity index is 1.44. The normalized spacial score (nSPS) is 18.0. The van der Waals surface area contributed by atoms with Crippen LogP contribution in [0.1, 0.15) is 61.0 Å². The molecule has 2 atom stereocenters. The summed E-state index contributed by atoms with van der Waals surface area (Å²) >= 11 is 0. The molecule has 0 saturated heterocycles. The predicted octanol–water partition coefficient (Wildman–Crippen LogP) is 5.78. The highest BCUT2D eigenvalue weighted by atomic mass is 16.5. The lowest BCUT2D eigenvalue weighted by molar-refractivity contribution is -0.163. The number of hydrogen-bond acceptors (Lipinski definition) is 5. The van der Waals surface area contributed by atoms with E-state index in [0.717, 1.165) is 53.7 Å². The standard InChI is InChI=1S/C32H35NO5/c1-2-36-32(35)28-20-27-25(16-11-19-29(27)37-22-23-12-5-3-6-13-23)21-33(28)31(34)30(24-14-7-4-8-15-24)38-26-17-9-10-18-26/h3-8,11-16,19,26,28,30H,2,9-10,17-18,20-22H2,1H3/t28?,30-/m0/s1. The van der Waals surface area contributed by atoms with Crippen molar-refractivity contribution in [1.29, 1.82) is 0 Å². The molecule has 1 amide bonds. The summed E-state index contributed by atoms with van der Waals surface area (Å²) in [5.74, 6) is 0.119. The van der Waals surface area contributed by atoms with Gasteiger partial charge in [-0.3, -0.25) is 4.79 Å². The molecule has 6 heteroatoms. The summed E-state index contributed by atoms with van der Waals surface area (Å²) in [6.07, 6.45) is 3.71. The quantitative estimate of drug-likeness (QED) is 0.339. The topological polar surface area (TPSA) is 65.1 Å². The number of nitrogens with zero attached hydrogens (tertiary/aromatic N) is 1. The van der Waals surface area contributed by atoms with Crippen molar-refractivity contribution in [3.05, 3.63) is 101 Å². The molecule has 1 fully saturated rings. The van der Waals surface area contributed by atoms with Gasteiger partial charge in [-0.05, 0) is 42.5 Å². The van der Waals surface area contributed by atoms with Crippen molar-refractivity contribution in [2.75, 3.05) is 6.61 Å². The Bertz CT molecular complexity index is 1220. The van der Waals surface area contributed by atoms with Crippen LogP contribution < -0.4 is 4.74 Å². The first-order valence-corrected chi connectivity index (χ1v) is 13.6. The van der Waals surface area contributed by atoms with Gasteiger partial charge in [0.1, 0.15) is 18.4 Å². The monoisotopic (exact) mass is 513 g/mol. The minimum atomic E-state index is -0.768. The Labute approximate surface area is 224 Å². The second-order valence-electron chi connectivity index (χ2n) is 9.94. The molecule has 0 spiro atoms. The molecule has 0 aromatic heterocycles. The van der Waals surface area contributed by atoms with Crippen molar-refractivity contribution in [3.8, 4) is 5.75 Å². The molecule has 6 nitrogen and oxygen atoms in total. The number of ether oxygens (including phenoxy) is 3. The lowest BCUT2D eigenvalue weighted by Crippen LogP contribution is -2.51. The summed E-state index contributed by atoms with van der Waals surface area (Å²) < 4.78 is 18.1. The minimum Gasteiger partial charge on any atom is -0.489 e. The van der Waals surface area contributed by atoms with Crippen LogP contribution >= 0.6 is 0 Å². The van der Waals surface area contributed by atoms with E-state index in [0.29, 0.717) is 13.0 Å². The Morgan fingerprint density at radius 2 is 1.63 bits per heavy atom. The van der Waals surface area contributed by atoms with Crippen LogP contribution in [-0.2, 0) is 38.6 Å². The van der Waals surface area contributed by atoms with Gasteiger partial charge in [0, 0.05) is 18.5 Å². The zero-order valence-corrected chi connectivity index (χ0v) is 21.9. The Kier molecular flexibility index (Phi) is 8.39. The molecule has 1 heterocycles. The number of carbonyl (C=O) groups excluding carboxylic acids is 2. The molecule has 38 heavy (non-hydrogen) atoms. The van der Waals surface area contributed by atoms with E-state index in [-0.39, 0.29) is 25.2 Å². The molecule has 1 aliphatic carbocycles. The first-order valence-electron chi connectivity index (χ1n) is 13.6. The SMILES string of the molecule is CCOC(=O)C1Cc2c(cccc2OCc2ccccc2)CN1C(=O)[C@@H](OC1CCCC1)c1ccccc1. The summed E-state index contributed by atoms with van der Waals surface area (Å²) in [5, 5.41) is 0. The van der Waals surface area contributed by atoms with Crippen molar-refractivity contribution in [1.82, 2.24) is 4.90 Å². The summed E-state index contributed by atoms with van der Waals surface area (Å²) in [6.45, 7) is 2.75. The van der Waals surface area contributed by atoms with Gasteiger partial charge in [0.25, 0.3) is 5.91 Å². The van der Waals surface area contributed by atoms with Crippen LogP contribution in [0.5, 0.6) is 5.75 Å². The molecule has 3 aromatic rings. The maximum absolute atomic E-state index is 14.2. The Hall–Kier alpha value is -3.64. The highest BCUT2D eigenvalue weighted by molar-refractivity contribution is 5.88. The predicted molar refractivity (Wildman–Crippen MR) is 144 cm³/mol. The van der Waals surface area contributed by atoms with Gasteiger partial charge in [0.05, 0.1) is 12.7 Å². The zero-order valence-electron chi connectivity index (χ0n) is 21.9. The van der Waals surface area contributed by atoms with Gasteiger partial charge in [-0.2, -0.15) is 0 Å². The van der Waals surface area contributed by atoms with Gasteiger partial charge in [-0.15, -0.1) is 0 Å². The maximum atomic E-state index is 14.2. The van der Waals surface area contributed by atoms with E-state index < -0.39 is 18.1 Å². The summed E-state index contributed by atoms with van der Waals surface area (Å²) in [5.41, 5.74) is 3.78. The van der Waals surface area contributed by atoms with Gasteiger partial charge in [-0.25, -0.2) is 4.79 Å². The molecule has 0 bridgehead atoms. The molecule has 198 valence electrons. The number of esters is 1. The lowest BCUT2D eigenvalue weighted by atomic mass is 9.92. The van der Waals surface area contributed by atoms with Gasteiger partial charge < -0.3 is 19.1 Å². The number of hydrogen-bond donors (Lipinski definition) is 0. The average molecular weight is 514 g/mol. The molecule has 1 aliphatic heterocycles. The zero-order chi connectivity index (χ0) is 26.3. The molecule has 3 aromatic carbocycles. The average Bonchev–Trinajstić information content (AvgIpc) is 3.48. The summed E-state index contributed by atoms with van der Waals surface area (Å²) in [6, 6.07) is 24.7. The largest absolute Gasteiger partial charge is 0.489 e. The van der Waals surface area contributed by atoms with Crippen LogP contribution in [0.3, 0.4) is 0 Å². The molecule has 5 rings (SSSR count). The highest BCUT2D eigenvalue weighted by Gasteiger charge is 2.41. The van der Waals surface area contributed by atoms with Crippen molar-refractivity contribution in [2.45, 2.75) is 70.4 Å². The van der Waals surface area contributed by atoms with E-state index in [4.69, 9.17) is 14.2 Å². The van der Waals surface area contributed by atoms with Crippen molar-refractivity contribution < 1.29 is 23.8 Å². The van der Waals surface area contributed by atoms with Crippen molar-refractivity contribution >= 4 is 11.9 Å². The van der Waals surface area contributed by atoms with Crippen LogP contribution in [0, 0.1) is 0 Å². The number of rotatable bonds is 9. The van der Waals surface area contributed by atoms with Crippen molar-refractivity contribution in [3.63, 3.8) is 0 Å². The van der Waals surface area contributed by atoms with Crippen LogP contribution in [0.25, 0.3) is 0 Å². The van der Waals surface area contributed by atoms with E-state index in [1.165, 1.54) is 0 Å². The summed E-state index contributed by atoms with van der Waals surface area (Å²) in [4.78, 5) is 29.0. The third-order valence-corrected chi connectivity index (χ3v) is 7.38. The van der Waals surface area contributed by atoms with E-state index in [9.17, 15) is 9.59 Å². The third-order valence-electron chi connectivity index (χ3n) is 7.38. The Morgan fingerprint density at radius 1 is 0.921 bits per heavy atom. The fourth-order valence-corrected chi connectivity index (χ4v) is 5.41. The second kappa shape index (κ2) is 12.3. The van der Waals surface area contributed by atoms with Crippen LogP contribution in [0.4, 0.5) is 0 Å². The molecular weight excluding hydrogens is 478 g/mol. The second-order valence-corrected chi connectivity index (χ2v) is 9.94. The molecule has 1 unspecified atom stereocenters. The first kappa shape index (κ1) is 26.0. The van der Waals surface area contributed by atoms with Gasteiger partial charge in [0.2, 0.25) is 0 Å². The molecule has 0 radical (unpaired) electrons. The third kappa shape index (κ3) is 5.91. The molecule has 2 aliphatic rings. The minimum absolute atomic E-state index is 0.0419. The highest BCUT2D eigenvalue weighted by Crippen LogP contribution is 2.35. The maximum Gasteiger partial charge on any atom is 0.329 e. The fraction of sp³-hybridized carbons (Fsp3) is 0.375. The van der Waals surface area contributed by atoms with Gasteiger partial charge in [-0.1, -0.05) is 85.6 Å². The smallest absolute Gasteiger partial charge is 0.329 e. The lowest BCUT2D eigenvalue weighted by Gasteiger charge is -2.38. The number of benzene rings is 3. The number of carbonyl (C=O) groups is 2.